The second-order valence-corrected chi connectivity index (χ2v) is 4.40. The first-order valence-corrected chi connectivity index (χ1v) is 5.56. The number of hydrogen-bond donors (Lipinski definition) is 1. The first kappa shape index (κ1) is 10.7. The second-order valence-electron chi connectivity index (χ2n) is 4.40. The van der Waals surface area contributed by atoms with Crippen molar-refractivity contribution in [3.63, 3.8) is 0 Å². The van der Waals surface area contributed by atoms with E-state index >= 15 is 0 Å². The van der Waals surface area contributed by atoms with Crippen LogP contribution in [0.1, 0.15) is 37.8 Å². The summed E-state index contributed by atoms with van der Waals surface area (Å²) in [7, 11) is 1.81. The first-order valence-electron chi connectivity index (χ1n) is 5.56. The van der Waals surface area contributed by atoms with Crippen LogP contribution in [0, 0.1) is 0 Å². The van der Waals surface area contributed by atoms with Crippen LogP contribution in [-0.2, 0) is 4.74 Å². The highest BCUT2D eigenvalue weighted by molar-refractivity contribution is 5.10. The fraction of sp³-hybridized carbons (Fsp3) is 0.667. The zero-order chi connectivity index (χ0) is 10.7. The average molecular weight is 209 g/mol. The third-order valence-electron chi connectivity index (χ3n) is 3.47. The molecule has 1 N–H and O–H groups in total. The lowest BCUT2D eigenvalue weighted by atomic mass is 9.80. The van der Waals surface area contributed by atoms with E-state index in [2.05, 4.69) is 12.2 Å². The molecule has 0 bridgehead atoms. The van der Waals surface area contributed by atoms with Crippen LogP contribution in [0.4, 0.5) is 0 Å². The fourth-order valence-corrected chi connectivity index (χ4v) is 2.00. The van der Waals surface area contributed by atoms with E-state index in [-0.39, 0.29) is 5.60 Å². The molecule has 0 radical (unpaired) electrons. The molecule has 0 amide bonds. The third kappa shape index (κ3) is 2.24. The van der Waals surface area contributed by atoms with Gasteiger partial charge in [0.05, 0.1) is 18.1 Å². The second kappa shape index (κ2) is 4.37. The fourth-order valence-electron chi connectivity index (χ4n) is 2.00. The van der Waals surface area contributed by atoms with Crippen LogP contribution in [0.15, 0.2) is 23.0 Å². The van der Waals surface area contributed by atoms with E-state index < -0.39 is 0 Å². The van der Waals surface area contributed by atoms with Gasteiger partial charge in [0.25, 0.3) is 0 Å². The van der Waals surface area contributed by atoms with Crippen molar-refractivity contribution in [2.24, 2.45) is 0 Å². The van der Waals surface area contributed by atoms with E-state index in [1.54, 1.807) is 12.5 Å². The molecular formula is C12H19NO2. The third-order valence-corrected chi connectivity index (χ3v) is 3.47. The van der Waals surface area contributed by atoms with Gasteiger partial charge in [0.2, 0.25) is 0 Å². The molecule has 2 rings (SSSR count). The van der Waals surface area contributed by atoms with Gasteiger partial charge in [0, 0.05) is 25.3 Å². The standard InChI is InChI=1S/C12H19NO2/c1-10(11-4-7-15-8-11)13-9-12(14-2)5-3-6-12/h4,7-8,10,13H,3,5-6,9H2,1-2H3. The zero-order valence-corrected chi connectivity index (χ0v) is 9.45. The number of furan rings is 1. The van der Waals surface area contributed by atoms with Gasteiger partial charge in [-0.1, -0.05) is 0 Å². The molecule has 1 aromatic heterocycles. The van der Waals surface area contributed by atoms with Crippen molar-refractivity contribution in [3.8, 4) is 0 Å². The molecule has 1 aliphatic rings. The number of ether oxygens (including phenoxy) is 1. The highest BCUT2D eigenvalue weighted by Crippen LogP contribution is 2.34. The monoisotopic (exact) mass is 209 g/mol. The van der Waals surface area contributed by atoms with Crippen LogP contribution < -0.4 is 5.32 Å². The van der Waals surface area contributed by atoms with Crippen LogP contribution in [-0.4, -0.2) is 19.3 Å². The van der Waals surface area contributed by atoms with Gasteiger partial charge in [-0.2, -0.15) is 0 Å². The van der Waals surface area contributed by atoms with Gasteiger partial charge in [-0.3, -0.25) is 0 Å². The topological polar surface area (TPSA) is 34.4 Å². The Morgan fingerprint density at radius 1 is 1.60 bits per heavy atom. The highest BCUT2D eigenvalue weighted by Gasteiger charge is 2.36. The number of methoxy groups -OCH3 is 1. The van der Waals surface area contributed by atoms with Gasteiger partial charge in [-0.15, -0.1) is 0 Å². The summed E-state index contributed by atoms with van der Waals surface area (Å²) < 4.78 is 10.6. The Bertz CT molecular complexity index is 285. The minimum Gasteiger partial charge on any atom is -0.472 e. The maximum absolute atomic E-state index is 5.56. The normalized spacial score (nSPS) is 20.9. The van der Waals surface area contributed by atoms with Gasteiger partial charge in [-0.25, -0.2) is 0 Å². The summed E-state index contributed by atoms with van der Waals surface area (Å²) in [5, 5.41) is 3.49. The Balaban J connectivity index is 1.82. The summed E-state index contributed by atoms with van der Waals surface area (Å²) in [6, 6.07) is 2.33. The predicted octanol–water partition coefficient (Wildman–Crippen LogP) is 2.50. The molecule has 3 nitrogen and oxygen atoms in total. The molecule has 1 atom stereocenters. The van der Waals surface area contributed by atoms with Crippen LogP contribution in [0.3, 0.4) is 0 Å². The summed E-state index contributed by atoms with van der Waals surface area (Å²) in [5.41, 5.74) is 1.29. The van der Waals surface area contributed by atoms with Crippen molar-refractivity contribution < 1.29 is 9.15 Å². The maximum Gasteiger partial charge on any atom is 0.0950 e. The molecule has 1 aliphatic carbocycles. The summed E-state index contributed by atoms with van der Waals surface area (Å²) in [6.07, 6.45) is 7.14. The number of nitrogens with one attached hydrogen (secondary N) is 1. The molecule has 0 spiro atoms. The molecule has 84 valence electrons. The van der Waals surface area contributed by atoms with Gasteiger partial charge in [-0.05, 0) is 32.3 Å². The molecule has 3 heteroatoms. The Morgan fingerprint density at radius 2 is 2.40 bits per heavy atom. The Kier molecular flexibility index (Phi) is 3.12. The van der Waals surface area contributed by atoms with Gasteiger partial charge in [0.1, 0.15) is 0 Å². The van der Waals surface area contributed by atoms with E-state index in [1.165, 1.54) is 24.8 Å². The minimum absolute atomic E-state index is 0.0952. The molecular weight excluding hydrogens is 190 g/mol. The minimum atomic E-state index is 0.0952. The van der Waals surface area contributed by atoms with Crippen molar-refractivity contribution in [1.29, 1.82) is 0 Å². The Morgan fingerprint density at radius 3 is 2.87 bits per heavy atom. The maximum atomic E-state index is 5.56. The summed E-state index contributed by atoms with van der Waals surface area (Å²) in [6.45, 7) is 3.07. The number of rotatable bonds is 5. The molecule has 1 unspecified atom stereocenters. The van der Waals surface area contributed by atoms with Crippen molar-refractivity contribution in [2.45, 2.75) is 37.8 Å². The highest BCUT2D eigenvalue weighted by atomic mass is 16.5. The van der Waals surface area contributed by atoms with Crippen LogP contribution >= 0.6 is 0 Å². The Hall–Kier alpha value is -0.800. The summed E-state index contributed by atoms with van der Waals surface area (Å²) in [4.78, 5) is 0. The summed E-state index contributed by atoms with van der Waals surface area (Å²) in [5.74, 6) is 0. The lowest BCUT2D eigenvalue weighted by Gasteiger charge is -2.41. The SMILES string of the molecule is COC1(CNC(C)c2ccoc2)CCC1. The number of hydrogen-bond acceptors (Lipinski definition) is 3. The summed E-state index contributed by atoms with van der Waals surface area (Å²) >= 11 is 0. The molecule has 1 heterocycles. The average Bonchev–Trinajstić information content (AvgIpc) is 2.69. The smallest absolute Gasteiger partial charge is 0.0950 e. The quantitative estimate of drug-likeness (QED) is 0.809. The van der Waals surface area contributed by atoms with E-state index in [1.807, 2.05) is 13.2 Å². The van der Waals surface area contributed by atoms with E-state index in [4.69, 9.17) is 9.15 Å². The van der Waals surface area contributed by atoms with Gasteiger partial charge >= 0.3 is 0 Å². The molecule has 15 heavy (non-hydrogen) atoms. The van der Waals surface area contributed by atoms with E-state index in [9.17, 15) is 0 Å². The van der Waals surface area contributed by atoms with Crippen molar-refractivity contribution in [2.75, 3.05) is 13.7 Å². The Labute approximate surface area is 90.8 Å². The van der Waals surface area contributed by atoms with E-state index in [0.29, 0.717) is 6.04 Å². The van der Waals surface area contributed by atoms with E-state index in [0.717, 1.165) is 6.54 Å². The van der Waals surface area contributed by atoms with Crippen molar-refractivity contribution >= 4 is 0 Å². The first-order chi connectivity index (χ1) is 7.26. The molecule has 1 saturated carbocycles. The molecule has 0 saturated heterocycles. The molecule has 1 fully saturated rings. The van der Waals surface area contributed by atoms with Crippen LogP contribution in [0.5, 0.6) is 0 Å². The van der Waals surface area contributed by atoms with Crippen LogP contribution in [0.2, 0.25) is 0 Å². The van der Waals surface area contributed by atoms with Gasteiger partial charge < -0.3 is 14.5 Å². The largest absolute Gasteiger partial charge is 0.472 e. The lowest BCUT2D eigenvalue weighted by Crippen LogP contribution is -2.48. The zero-order valence-electron chi connectivity index (χ0n) is 9.45. The molecule has 0 aromatic carbocycles. The molecule has 1 aromatic rings. The lowest BCUT2D eigenvalue weighted by molar-refractivity contribution is -0.0706. The predicted molar refractivity (Wildman–Crippen MR) is 58.7 cm³/mol. The van der Waals surface area contributed by atoms with Gasteiger partial charge in [0.15, 0.2) is 0 Å². The van der Waals surface area contributed by atoms with Crippen molar-refractivity contribution in [1.82, 2.24) is 5.32 Å². The van der Waals surface area contributed by atoms with Crippen molar-refractivity contribution in [3.05, 3.63) is 24.2 Å². The van der Waals surface area contributed by atoms with Crippen LogP contribution in [0.25, 0.3) is 0 Å². The molecule has 0 aliphatic heterocycles.